The summed E-state index contributed by atoms with van der Waals surface area (Å²) in [6, 6.07) is 8.16. The second-order valence-electron chi connectivity index (χ2n) is 5.54. The Kier molecular flexibility index (Phi) is 5.43. The maximum absolute atomic E-state index is 12.9. The Morgan fingerprint density at radius 3 is 2.68 bits per heavy atom. The number of benzene rings is 1. The fraction of sp³-hybridized carbons (Fsp3) is 0.312. The fourth-order valence-corrected chi connectivity index (χ4v) is 4.39. The van der Waals surface area contributed by atoms with Gasteiger partial charge in [-0.3, -0.25) is 4.79 Å². The van der Waals surface area contributed by atoms with Gasteiger partial charge in [-0.2, -0.15) is 4.31 Å². The molecule has 3 rings (SSSR count). The maximum atomic E-state index is 12.9. The number of rotatable bonds is 5. The van der Waals surface area contributed by atoms with Crippen LogP contribution in [0, 0.1) is 0 Å². The molecule has 0 atom stereocenters. The Bertz CT molecular complexity index is 860. The second-order valence-corrected chi connectivity index (χ2v) is 7.88. The van der Waals surface area contributed by atoms with Gasteiger partial charge in [0.1, 0.15) is 5.69 Å². The van der Waals surface area contributed by atoms with Crippen LogP contribution in [0.5, 0.6) is 0 Å². The first kappa shape index (κ1) is 17.9. The zero-order valence-electron chi connectivity index (χ0n) is 13.4. The second kappa shape index (κ2) is 7.57. The molecule has 2 N–H and O–H groups in total. The number of halogens is 1. The van der Waals surface area contributed by atoms with E-state index in [0.29, 0.717) is 42.6 Å². The van der Waals surface area contributed by atoms with Gasteiger partial charge in [-0.25, -0.2) is 8.42 Å². The fourth-order valence-electron chi connectivity index (χ4n) is 2.60. The molecule has 1 aromatic carbocycles. The summed E-state index contributed by atoms with van der Waals surface area (Å²) in [5, 5.41) is 3.14. The van der Waals surface area contributed by atoms with E-state index in [1.165, 1.54) is 16.6 Å². The predicted octanol–water partition coefficient (Wildman–Crippen LogP) is 1.62. The Morgan fingerprint density at radius 1 is 1.28 bits per heavy atom. The molecule has 2 heterocycles. The van der Waals surface area contributed by atoms with Crippen LogP contribution >= 0.6 is 11.6 Å². The molecule has 0 spiro atoms. The minimum Gasteiger partial charge on any atom is -0.379 e. The molecule has 1 aromatic heterocycles. The van der Waals surface area contributed by atoms with Crippen molar-refractivity contribution in [3.8, 4) is 0 Å². The van der Waals surface area contributed by atoms with E-state index in [0.717, 1.165) is 0 Å². The van der Waals surface area contributed by atoms with Crippen molar-refractivity contribution in [1.82, 2.24) is 14.6 Å². The minimum absolute atomic E-state index is 0.0925. The Balaban J connectivity index is 1.77. The van der Waals surface area contributed by atoms with E-state index in [2.05, 4.69) is 10.3 Å². The SMILES string of the molecule is O=C(NCc1ccccc1S(=O)(=O)N1CCOCC1)c1cc(Cl)c[nH]1. The number of sulfonamides is 1. The van der Waals surface area contributed by atoms with Gasteiger partial charge in [-0.15, -0.1) is 0 Å². The zero-order valence-corrected chi connectivity index (χ0v) is 14.9. The topological polar surface area (TPSA) is 91.5 Å². The molecular weight excluding hydrogens is 366 g/mol. The van der Waals surface area contributed by atoms with Crippen LogP contribution in [-0.4, -0.2) is 49.9 Å². The third kappa shape index (κ3) is 4.04. The van der Waals surface area contributed by atoms with E-state index in [9.17, 15) is 13.2 Å². The van der Waals surface area contributed by atoms with Gasteiger partial charge in [0.2, 0.25) is 10.0 Å². The quantitative estimate of drug-likeness (QED) is 0.820. The minimum atomic E-state index is -3.63. The molecule has 0 aliphatic carbocycles. The lowest BCUT2D eigenvalue weighted by Crippen LogP contribution is -2.41. The van der Waals surface area contributed by atoms with Crippen molar-refractivity contribution in [3.05, 3.63) is 52.8 Å². The predicted molar refractivity (Wildman–Crippen MR) is 93.0 cm³/mol. The molecule has 0 saturated carbocycles. The number of aromatic nitrogens is 1. The number of hydrogen-bond acceptors (Lipinski definition) is 4. The van der Waals surface area contributed by atoms with E-state index >= 15 is 0 Å². The summed E-state index contributed by atoms with van der Waals surface area (Å²) >= 11 is 5.79. The molecule has 0 unspecified atom stereocenters. The highest BCUT2D eigenvalue weighted by atomic mass is 35.5. The van der Waals surface area contributed by atoms with Crippen molar-refractivity contribution in [1.29, 1.82) is 0 Å². The van der Waals surface area contributed by atoms with E-state index < -0.39 is 10.0 Å². The average Bonchev–Trinajstić information content (AvgIpc) is 3.07. The van der Waals surface area contributed by atoms with E-state index in [4.69, 9.17) is 16.3 Å². The number of ether oxygens (including phenoxy) is 1. The average molecular weight is 384 g/mol. The van der Waals surface area contributed by atoms with Crippen LogP contribution < -0.4 is 5.32 Å². The maximum Gasteiger partial charge on any atom is 0.268 e. The summed E-state index contributed by atoms with van der Waals surface area (Å²) in [7, 11) is -3.63. The van der Waals surface area contributed by atoms with Gasteiger partial charge in [0.25, 0.3) is 5.91 Å². The van der Waals surface area contributed by atoms with Crippen molar-refractivity contribution >= 4 is 27.5 Å². The van der Waals surface area contributed by atoms with Crippen LogP contribution in [0.2, 0.25) is 5.02 Å². The van der Waals surface area contributed by atoms with Crippen LogP contribution in [0.25, 0.3) is 0 Å². The summed E-state index contributed by atoms with van der Waals surface area (Å²) in [4.78, 5) is 15.1. The third-order valence-electron chi connectivity index (χ3n) is 3.89. The number of nitrogens with zero attached hydrogens (tertiary/aromatic N) is 1. The van der Waals surface area contributed by atoms with Gasteiger partial charge in [-0.1, -0.05) is 29.8 Å². The molecular formula is C16H18ClN3O4S. The molecule has 25 heavy (non-hydrogen) atoms. The van der Waals surface area contributed by atoms with E-state index in [1.54, 1.807) is 24.3 Å². The number of carbonyl (C=O) groups is 1. The lowest BCUT2D eigenvalue weighted by molar-refractivity contribution is 0.0730. The van der Waals surface area contributed by atoms with E-state index in [-0.39, 0.29) is 17.3 Å². The first-order chi connectivity index (χ1) is 12.0. The molecule has 1 aliphatic heterocycles. The number of hydrogen-bond donors (Lipinski definition) is 2. The monoisotopic (exact) mass is 383 g/mol. The molecule has 7 nitrogen and oxygen atoms in total. The first-order valence-corrected chi connectivity index (χ1v) is 9.58. The molecule has 1 aliphatic rings. The van der Waals surface area contributed by atoms with Gasteiger partial charge >= 0.3 is 0 Å². The van der Waals surface area contributed by atoms with Crippen LogP contribution in [0.1, 0.15) is 16.1 Å². The first-order valence-electron chi connectivity index (χ1n) is 7.76. The third-order valence-corrected chi connectivity index (χ3v) is 6.11. The molecule has 1 fully saturated rings. The highest BCUT2D eigenvalue weighted by Crippen LogP contribution is 2.21. The number of amides is 1. The van der Waals surface area contributed by atoms with Gasteiger partial charge in [0.05, 0.1) is 23.1 Å². The highest BCUT2D eigenvalue weighted by molar-refractivity contribution is 7.89. The molecule has 1 saturated heterocycles. The Hall–Kier alpha value is -1.87. The Morgan fingerprint density at radius 2 is 2.00 bits per heavy atom. The number of H-pyrrole nitrogens is 1. The van der Waals surface area contributed by atoms with Crippen LogP contribution in [0.3, 0.4) is 0 Å². The summed E-state index contributed by atoms with van der Waals surface area (Å²) in [5.41, 5.74) is 0.846. The van der Waals surface area contributed by atoms with Crippen molar-refractivity contribution in [2.45, 2.75) is 11.4 Å². The van der Waals surface area contributed by atoms with Crippen molar-refractivity contribution < 1.29 is 17.9 Å². The van der Waals surface area contributed by atoms with Gasteiger partial charge in [0, 0.05) is 25.8 Å². The summed E-state index contributed by atoms with van der Waals surface area (Å²) < 4.78 is 32.3. The standard InChI is InChI=1S/C16H18ClN3O4S/c17-13-9-14(18-11-13)16(21)19-10-12-3-1-2-4-15(12)25(22,23)20-5-7-24-8-6-20/h1-4,9,11,18H,5-8,10H2,(H,19,21). The lowest BCUT2D eigenvalue weighted by Gasteiger charge is -2.27. The van der Waals surface area contributed by atoms with Gasteiger partial charge < -0.3 is 15.0 Å². The van der Waals surface area contributed by atoms with Crippen molar-refractivity contribution in [2.24, 2.45) is 0 Å². The Labute approximate surface area is 151 Å². The molecule has 0 bridgehead atoms. The van der Waals surface area contributed by atoms with Crippen molar-refractivity contribution in [3.63, 3.8) is 0 Å². The molecule has 134 valence electrons. The van der Waals surface area contributed by atoms with Gasteiger partial charge in [-0.05, 0) is 17.7 Å². The summed E-state index contributed by atoms with van der Waals surface area (Å²) in [6.45, 7) is 1.50. The number of aromatic amines is 1. The smallest absolute Gasteiger partial charge is 0.268 e. The van der Waals surface area contributed by atoms with Crippen LogP contribution in [-0.2, 0) is 21.3 Å². The molecule has 2 aromatic rings. The molecule has 9 heteroatoms. The number of nitrogens with one attached hydrogen (secondary N) is 2. The number of morpholine rings is 1. The zero-order chi connectivity index (χ0) is 17.9. The van der Waals surface area contributed by atoms with Crippen LogP contribution in [0.15, 0.2) is 41.4 Å². The molecule has 0 radical (unpaired) electrons. The van der Waals surface area contributed by atoms with Crippen molar-refractivity contribution in [2.75, 3.05) is 26.3 Å². The highest BCUT2D eigenvalue weighted by Gasteiger charge is 2.28. The number of carbonyl (C=O) groups excluding carboxylic acids is 1. The lowest BCUT2D eigenvalue weighted by atomic mass is 10.2. The largest absolute Gasteiger partial charge is 0.379 e. The van der Waals surface area contributed by atoms with Gasteiger partial charge in [0.15, 0.2) is 0 Å². The van der Waals surface area contributed by atoms with Crippen LogP contribution in [0.4, 0.5) is 0 Å². The summed E-state index contributed by atoms with van der Waals surface area (Å²) in [6.07, 6.45) is 1.51. The normalized spacial score (nSPS) is 15.9. The molecule has 1 amide bonds. The summed E-state index contributed by atoms with van der Waals surface area (Å²) in [5.74, 6) is -0.356. The van der Waals surface area contributed by atoms with E-state index in [1.807, 2.05) is 0 Å².